The second-order valence-corrected chi connectivity index (χ2v) is 7.12. The lowest BCUT2D eigenvalue weighted by Crippen LogP contribution is -2.43. The highest BCUT2D eigenvalue weighted by atomic mass is 16.5. The van der Waals surface area contributed by atoms with E-state index in [1.54, 1.807) is 13.8 Å². The van der Waals surface area contributed by atoms with Crippen LogP contribution in [0.15, 0.2) is 30.3 Å². The zero-order valence-corrected chi connectivity index (χ0v) is 13.8. The Morgan fingerprint density at radius 3 is 2.68 bits per heavy atom. The lowest BCUT2D eigenvalue weighted by Gasteiger charge is -2.31. The highest BCUT2D eigenvalue weighted by molar-refractivity contribution is 5.13. The standard InChI is InChI=1S/C18H28O4/c1-17(2,20)11-15-9-10-18(3,22-15)16(19)13-21-12-14-7-5-4-6-8-14/h4-8,15-16,19-20H,9-13H2,1-3H3/t15-,16+,18+/m1/s1. The Labute approximate surface area is 133 Å². The zero-order chi connectivity index (χ0) is 16.2. The summed E-state index contributed by atoms with van der Waals surface area (Å²) < 4.78 is 11.6. The molecule has 0 aromatic heterocycles. The molecule has 0 aliphatic carbocycles. The maximum Gasteiger partial charge on any atom is 0.106 e. The van der Waals surface area contributed by atoms with Gasteiger partial charge in [0, 0.05) is 6.42 Å². The smallest absolute Gasteiger partial charge is 0.106 e. The molecule has 1 aromatic rings. The van der Waals surface area contributed by atoms with Gasteiger partial charge in [0.05, 0.1) is 30.5 Å². The van der Waals surface area contributed by atoms with Gasteiger partial charge >= 0.3 is 0 Å². The van der Waals surface area contributed by atoms with E-state index < -0.39 is 17.3 Å². The molecule has 124 valence electrons. The minimum atomic E-state index is -0.745. The van der Waals surface area contributed by atoms with Crippen LogP contribution in [0.3, 0.4) is 0 Å². The quantitative estimate of drug-likeness (QED) is 0.813. The van der Waals surface area contributed by atoms with Gasteiger partial charge in [-0.3, -0.25) is 0 Å². The van der Waals surface area contributed by atoms with Crippen molar-refractivity contribution < 1.29 is 19.7 Å². The minimum Gasteiger partial charge on any atom is -0.390 e. The summed E-state index contributed by atoms with van der Waals surface area (Å²) in [5, 5.41) is 20.3. The molecule has 2 N–H and O–H groups in total. The molecule has 0 saturated carbocycles. The first-order valence-corrected chi connectivity index (χ1v) is 7.98. The van der Waals surface area contributed by atoms with Gasteiger partial charge < -0.3 is 19.7 Å². The normalized spacial score (nSPS) is 27.0. The van der Waals surface area contributed by atoms with Gasteiger partial charge in [-0.1, -0.05) is 30.3 Å². The summed E-state index contributed by atoms with van der Waals surface area (Å²) in [6.07, 6.45) is 1.55. The Balaban J connectivity index is 1.78. The first kappa shape index (κ1) is 17.4. The van der Waals surface area contributed by atoms with Gasteiger partial charge in [-0.15, -0.1) is 0 Å². The van der Waals surface area contributed by atoms with Crippen LogP contribution in [0.25, 0.3) is 0 Å². The van der Waals surface area contributed by atoms with Crippen LogP contribution in [0.4, 0.5) is 0 Å². The Hall–Kier alpha value is -0.940. The summed E-state index contributed by atoms with van der Waals surface area (Å²) in [7, 11) is 0. The summed E-state index contributed by atoms with van der Waals surface area (Å²) in [5.41, 5.74) is -0.246. The van der Waals surface area contributed by atoms with Crippen LogP contribution in [-0.4, -0.2) is 40.2 Å². The number of rotatable bonds is 7. The molecule has 0 bridgehead atoms. The van der Waals surface area contributed by atoms with E-state index >= 15 is 0 Å². The van der Waals surface area contributed by atoms with Crippen LogP contribution < -0.4 is 0 Å². The molecule has 1 aliphatic rings. The van der Waals surface area contributed by atoms with Crippen molar-refractivity contribution in [1.29, 1.82) is 0 Å². The van der Waals surface area contributed by atoms with Crippen LogP contribution >= 0.6 is 0 Å². The Morgan fingerprint density at radius 2 is 2.05 bits per heavy atom. The third kappa shape index (κ3) is 5.06. The van der Waals surface area contributed by atoms with Gasteiger partial charge in [-0.25, -0.2) is 0 Å². The van der Waals surface area contributed by atoms with E-state index in [2.05, 4.69) is 0 Å². The summed E-state index contributed by atoms with van der Waals surface area (Å²) >= 11 is 0. The third-order valence-electron chi connectivity index (χ3n) is 4.22. The first-order valence-electron chi connectivity index (χ1n) is 7.98. The molecule has 1 aliphatic heterocycles. The van der Waals surface area contributed by atoms with E-state index in [1.165, 1.54) is 0 Å². The third-order valence-corrected chi connectivity index (χ3v) is 4.22. The molecule has 0 unspecified atom stereocenters. The summed E-state index contributed by atoms with van der Waals surface area (Å²) in [5.74, 6) is 0. The van der Waals surface area contributed by atoms with Crippen LogP contribution in [0.2, 0.25) is 0 Å². The average Bonchev–Trinajstić information content (AvgIpc) is 2.80. The second kappa shape index (κ2) is 7.09. The summed E-state index contributed by atoms with van der Waals surface area (Å²) in [4.78, 5) is 0. The predicted octanol–water partition coefficient (Wildman–Crippen LogP) is 2.66. The Kier molecular flexibility index (Phi) is 5.61. The van der Waals surface area contributed by atoms with Gasteiger partial charge in [-0.05, 0) is 39.2 Å². The lowest BCUT2D eigenvalue weighted by molar-refractivity contribution is -0.138. The average molecular weight is 308 g/mol. The predicted molar refractivity (Wildman–Crippen MR) is 85.5 cm³/mol. The van der Waals surface area contributed by atoms with Crippen LogP contribution in [0.1, 0.15) is 45.6 Å². The molecular formula is C18H28O4. The van der Waals surface area contributed by atoms with Crippen molar-refractivity contribution in [2.24, 2.45) is 0 Å². The van der Waals surface area contributed by atoms with Crippen LogP contribution in [0.5, 0.6) is 0 Å². The van der Waals surface area contributed by atoms with Crippen molar-refractivity contribution >= 4 is 0 Å². The fraction of sp³-hybridized carbons (Fsp3) is 0.667. The maximum absolute atomic E-state index is 10.4. The summed E-state index contributed by atoms with van der Waals surface area (Å²) in [6, 6.07) is 9.91. The minimum absolute atomic E-state index is 0.00577. The zero-order valence-electron chi connectivity index (χ0n) is 13.8. The Bertz CT molecular complexity index is 454. The molecule has 1 fully saturated rings. The van der Waals surface area contributed by atoms with Gasteiger partial charge in [0.1, 0.15) is 6.10 Å². The van der Waals surface area contributed by atoms with E-state index in [9.17, 15) is 10.2 Å². The maximum atomic E-state index is 10.4. The van der Waals surface area contributed by atoms with Gasteiger partial charge in [0.15, 0.2) is 0 Å². The van der Waals surface area contributed by atoms with Crippen molar-refractivity contribution in [3.05, 3.63) is 35.9 Å². The van der Waals surface area contributed by atoms with Gasteiger partial charge in [0.2, 0.25) is 0 Å². The highest BCUT2D eigenvalue weighted by Crippen LogP contribution is 2.36. The molecular weight excluding hydrogens is 280 g/mol. The fourth-order valence-electron chi connectivity index (χ4n) is 2.93. The molecule has 1 heterocycles. The monoisotopic (exact) mass is 308 g/mol. The summed E-state index contributed by atoms with van der Waals surface area (Å²) in [6.45, 7) is 6.23. The largest absolute Gasteiger partial charge is 0.390 e. The first-order chi connectivity index (χ1) is 10.3. The van der Waals surface area contributed by atoms with E-state index in [4.69, 9.17) is 9.47 Å². The molecule has 1 aromatic carbocycles. The van der Waals surface area contributed by atoms with Crippen molar-refractivity contribution in [3.63, 3.8) is 0 Å². The van der Waals surface area contributed by atoms with Crippen molar-refractivity contribution in [2.45, 2.75) is 70.1 Å². The molecule has 0 amide bonds. The molecule has 4 nitrogen and oxygen atoms in total. The van der Waals surface area contributed by atoms with E-state index in [1.807, 2.05) is 37.3 Å². The lowest BCUT2D eigenvalue weighted by atomic mass is 9.94. The second-order valence-electron chi connectivity index (χ2n) is 7.12. The SMILES string of the molecule is CC(C)(O)C[C@H]1CC[C@@](C)([C@@H](O)COCc2ccccc2)O1. The number of aliphatic hydroxyl groups excluding tert-OH is 1. The van der Waals surface area contributed by atoms with Crippen molar-refractivity contribution in [2.75, 3.05) is 6.61 Å². The van der Waals surface area contributed by atoms with E-state index in [0.717, 1.165) is 18.4 Å². The van der Waals surface area contributed by atoms with E-state index in [0.29, 0.717) is 13.0 Å². The molecule has 1 saturated heterocycles. The molecule has 3 atom stereocenters. The number of hydrogen-bond acceptors (Lipinski definition) is 4. The number of ether oxygens (including phenoxy) is 2. The van der Waals surface area contributed by atoms with Gasteiger partial charge in [0.25, 0.3) is 0 Å². The number of hydrogen-bond donors (Lipinski definition) is 2. The highest BCUT2D eigenvalue weighted by Gasteiger charge is 2.43. The van der Waals surface area contributed by atoms with Gasteiger partial charge in [-0.2, -0.15) is 0 Å². The van der Waals surface area contributed by atoms with Crippen molar-refractivity contribution in [3.8, 4) is 0 Å². The number of aliphatic hydroxyl groups is 2. The molecule has 22 heavy (non-hydrogen) atoms. The topological polar surface area (TPSA) is 58.9 Å². The fourth-order valence-corrected chi connectivity index (χ4v) is 2.93. The number of benzene rings is 1. The van der Waals surface area contributed by atoms with Crippen LogP contribution in [0, 0.1) is 0 Å². The Morgan fingerprint density at radius 1 is 1.36 bits per heavy atom. The molecule has 2 rings (SSSR count). The van der Waals surface area contributed by atoms with Crippen LogP contribution in [-0.2, 0) is 16.1 Å². The molecule has 0 spiro atoms. The molecule has 0 radical (unpaired) electrons. The van der Waals surface area contributed by atoms with E-state index in [-0.39, 0.29) is 12.7 Å². The molecule has 4 heteroatoms. The van der Waals surface area contributed by atoms with Crippen molar-refractivity contribution in [1.82, 2.24) is 0 Å².